The third-order valence-electron chi connectivity index (χ3n) is 3.88. The summed E-state index contributed by atoms with van der Waals surface area (Å²) in [5.74, 6) is 0.689. The highest BCUT2D eigenvalue weighted by Crippen LogP contribution is 2.35. The van der Waals surface area contributed by atoms with Crippen LogP contribution < -0.4 is 0 Å². The van der Waals surface area contributed by atoms with Crippen molar-refractivity contribution in [2.45, 2.75) is 5.92 Å². The second-order valence-corrected chi connectivity index (χ2v) is 6.23. The van der Waals surface area contributed by atoms with Gasteiger partial charge in [-0.25, -0.2) is 0 Å². The minimum absolute atomic E-state index is 0.689. The summed E-state index contributed by atoms with van der Waals surface area (Å²) in [5, 5.41) is 2.03. The molecule has 2 aromatic rings. The Labute approximate surface area is 124 Å². The topological polar surface area (TPSA) is 15.6 Å². The van der Waals surface area contributed by atoms with Crippen LogP contribution in [0.3, 0.4) is 0 Å². The summed E-state index contributed by atoms with van der Waals surface area (Å²) in [6.07, 6.45) is 0. The van der Waals surface area contributed by atoms with Gasteiger partial charge in [-0.15, -0.1) is 11.3 Å². The molecule has 0 radical (unpaired) electrons. The molecule has 1 fully saturated rings. The van der Waals surface area contributed by atoms with E-state index in [2.05, 4.69) is 54.5 Å². The molecule has 0 saturated carbocycles. The summed E-state index contributed by atoms with van der Waals surface area (Å²) in [4.78, 5) is 7.49. The van der Waals surface area contributed by atoms with Crippen LogP contribution in [0.25, 0.3) is 5.57 Å². The lowest BCUT2D eigenvalue weighted by molar-refractivity contribution is 0.190. The molecule has 2 nitrogen and oxygen atoms in total. The Kier molecular flexibility index (Phi) is 3.55. The molecule has 1 aliphatic heterocycles. The van der Waals surface area contributed by atoms with Crippen LogP contribution in [-0.4, -0.2) is 31.8 Å². The highest BCUT2D eigenvalue weighted by molar-refractivity contribution is 7.11. The van der Waals surface area contributed by atoms with Crippen molar-refractivity contribution in [1.82, 2.24) is 4.90 Å². The van der Waals surface area contributed by atoms with E-state index < -0.39 is 0 Å². The van der Waals surface area contributed by atoms with Gasteiger partial charge in [-0.1, -0.05) is 30.8 Å². The Balaban J connectivity index is 1.81. The third-order valence-corrected chi connectivity index (χ3v) is 4.85. The largest absolute Gasteiger partial charge is 0.305 e. The Morgan fingerprint density at radius 2 is 1.95 bits per heavy atom. The highest BCUT2D eigenvalue weighted by Gasteiger charge is 2.24. The maximum absolute atomic E-state index is 4.21. The average Bonchev–Trinajstić information content (AvgIpc) is 2.92. The number of aliphatic imine (C=N–C) groups is 1. The fourth-order valence-electron chi connectivity index (χ4n) is 2.65. The number of thiophene rings is 1. The van der Waals surface area contributed by atoms with Gasteiger partial charge >= 0.3 is 0 Å². The van der Waals surface area contributed by atoms with Gasteiger partial charge in [-0.2, -0.15) is 0 Å². The lowest BCUT2D eigenvalue weighted by Crippen LogP contribution is -2.41. The molecule has 3 heteroatoms. The standard InChI is InChI=1S/C17H18N2S/c1-12(17-16(18-2)8-9-20-17)13-4-6-14(7-5-13)15-10-19(3)11-15/h4-9,15H,1-2,10-11H2,3H3. The first-order chi connectivity index (χ1) is 9.69. The summed E-state index contributed by atoms with van der Waals surface area (Å²) in [5.41, 5.74) is 4.53. The molecular formula is C17H18N2S. The van der Waals surface area contributed by atoms with Crippen LogP contribution in [0, 0.1) is 0 Å². The minimum Gasteiger partial charge on any atom is -0.305 e. The smallest absolute Gasteiger partial charge is 0.0808 e. The average molecular weight is 282 g/mol. The molecule has 3 rings (SSSR count). The molecule has 0 unspecified atom stereocenters. The molecule has 0 spiro atoms. The van der Waals surface area contributed by atoms with Crippen LogP contribution in [0.1, 0.15) is 21.9 Å². The van der Waals surface area contributed by atoms with Crippen molar-refractivity contribution < 1.29 is 0 Å². The molecule has 0 aliphatic carbocycles. The molecule has 1 aliphatic rings. The van der Waals surface area contributed by atoms with Gasteiger partial charge in [0.2, 0.25) is 0 Å². The van der Waals surface area contributed by atoms with Crippen molar-refractivity contribution >= 4 is 29.3 Å². The number of hydrogen-bond acceptors (Lipinski definition) is 3. The van der Waals surface area contributed by atoms with Gasteiger partial charge < -0.3 is 4.90 Å². The van der Waals surface area contributed by atoms with E-state index in [9.17, 15) is 0 Å². The van der Waals surface area contributed by atoms with E-state index in [1.165, 1.54) is 5.56 Å². The first-order valence-corrected chi connectivity index (χ1v) is 7.59. The van der Waals surface area contributed by atoms with Crippen molar-refractivity contribution in [2.24, 2.45) is 4.99 Å². The van der Waals surface area contributed by atoms with E-state index in [0.717, 1.165) is 34.8 Å². The van der Waals surface area contributed by atoms with E-state index in [1.807, 2.05) is 11.4 Å². The lowest BCUT2D eigenvalue weighted by atomic mass is 9.90. The lowest BCUT2D eigenvalue weighted by Gasteiger charge is -2.36. The molecule has 0 N–H and O–H groups in total. The molecule has 20 heavy (non-hydrogen) atoms. The van der Waals surface area contributed by atoms with Crippen molar-refractivity contribution in [3.63, 3.8) is 0 Å². The summed E-state index contributed by atoms with van der Waals surface area (Å²) < 4.78 is 0. The van der Waals surface area contributed by atoms with Crippen molar-refractivity contribution in [3.05, 3.63) is 58.3 Å². The van der Waals surface area contributed by atoms with Crippen molar-refractivity contribution in [2.75, 3.05) is 20.1 Å². The summed E-state index contributed by atoms with van der Waals surface area (Å²) in [7, 11) is 2.16. The van der Waals surface area contributed by atoms with Crippen LogP contribution in [0.4, 0.5) is 5.69 Å². The molecule has 102 valence electrons. The van der Waals surface area contributed by atoms with Gasteiger partial charge in [-0.05, 0) is 41.9 Å². The summed E-state index contributed by atoms with van der Waals surface area (Å²) >= 11 is 1.66. The highest BCUT2D eigenvalue weighted by atomic mass is 32.1. The molecule has 1 saturated heterocycles. The van der Waals surface area contributed by atoms with E-state index in [4.69, 9.17) is 0 Å². The van der Waals surface area contributed by atoms with Gasteiger partial charge in [-0.3, -0.25) is 4.99 Å². The van der Waals surface area contributed by atoms with E-state index in [-0.39, 0.29) is 0 Å². The molecular weight excluding hydrogens is 264 g/mol. The Hall–Kier alpha value is -1.71. The fraction of sp³-hybridized carbons (Fsp3) is 0.235. The summed E-state index contributed by atoms with van der Waals surface area (Å²) in [6.45, 7) is 10.1. The number of nitrogens with zero attached hydrogens (tertiary/aromatic N) is 2. The number of benzene rings is 1. The number of likely N-dealkylation sites (N-methyl/N-ethyl adjacent to an activating group) is 1. The predicted octanol–water partition coefficient (Wildman–Crippen LogP) is 4.17. The van der Waals surface area contributed by atoms with Crippen LogP contribution in [-0.2, 0) is 0 Å². The Morgan fingerprint density at radius 3 is 2.55 bits per heavy atom. The van der Waals surface area contributed by atoms with Crippen LogP contribution in [0.5, 0.6) is 0 Å². The van der Waals surface area contributed by atoms with E-state index in [0.29, 0.717) is 5.92 Å². The maximum Gasteiger partial charge on any atom is 0.0808 e. The first-order valence-electron chi connectivity index (χ1n) is 6.71. The second kappa shape index (κ2) is 5.35. The molecule has 0 atom stereocenters. The molecule has 2 heterocycles. The van der Waals surface area contributed by atoms with Crippen molar-refractivity contribution in [3.8, 4) is 0 Å². The van der Waals surface area contributed by atoms with Gasteiger partial charge in [0, 0.05) is 19.0 Å². The number of hydrogen-bond donors (Lipinski definition) is 0. The Bertz CT molecular complexity index is 633. The Morgan fingerprint density at radius 1 is 1.25 bits per heavy atom. The van der Waals surface area contributed by atoms with Crippen LogP contribution in [0.2, 0.25) is 0 Å². The monoisotopic (exact) mass is 282 g/mol. The minimum atomic E-state index is 0.689. The quantitative estimate of drug-likeness (QED) is 0.768. The van der Waals surface area contributed by atoms with Gasteiger partial charge in [0.15, 0.2) is 0 Å². The summed E-state index contributed by atoms with van der Waals surface area (Å²) in [6, 6.07) is 10.8. The van der Waals surface area contributed by atoms with Gasteiger partial charge in [0.1, 0.15) is 0 Å². The predicted molar refractivity (Wildman–Crippen MR) is 88.3 cm³/mol. The zero-order valence-corrected chi connectivity index (χ0v) is 12.5. The first kappa shape index (κ1) is 13.3. The fourth-order valence-corrected chi connectivity index (χ4v) is 3.50. The normalized spacial score (nSPS) is 15.8. The van der Waals surface area contributed by atoms with E-state index in [1.54, 1.807) is 11.3 Å². The van der Waals surface area contributed by atoms with Crippen LogP contribution in [0.15, 0.2) is 47.3 Å². The second-order valence-electron chi connectivity index (χ2n) is 5.31. The molecule has 0 bridgehead atoms. The molecule has 0 amide bonds. The molecule has 1 aromatic heterocycles. The van der Waals surface area contributed by atoms with Crippen molar-refractivity contribution in [1.29, 1.82) is 0 Å². The molecule has 1 aromatic carbocycles. The van der Waals surface area contributed by atoms with Gasteiger partial charge in [0.25, 0.3) is 0 Å². The maximum atomic E-state index is 4.21. The number of likely N-dealkylation sites (tertiary alicyclic amines) is 1. The van der Waals surface area contributed by atoms with E-state index >= 15 is 0 Å². The third kappa shape index (κ3) is 2.35. The van der Waals surface area contributed by atoms with Gasteiger partial charge in [0.05, 0.1) is 10.6 Å². The number of rotatable bonds is 4. The zero-order valence-electron chi connectivity index (χ0n) is 11.7. The zero-order chi connectivity index (χ0) is 14.1. The SMILES string of the molecule is C=Nc1ccsc1C(=C)c1ccc(C2CN(C)C2)cc1. The van der Waals surface area contributed by atoms with Crippen LogP contribution >= 0.6 is 11.3 Å².